The van der Waals surface area contributed by atoms with Crippen LogP contribution >= 0.6 is 0 Å². The molecule has 10 heteroatoms. The van der Waals surface area contributed by atoms with Crippen molar-refractivity contribution in [3.05, 3.63) is 34.4 Å². The number of carbonyl (C=O) groups is 1. The van der Waals surface area contributed by atoms with E-state index in [1.165, 1.54) is 6.07 Å². The summed E-state index contributed by atoms with van der Waals surface area (Å²) in [6, 6.07) is 2.39. The van der Waals surface area contributed by atoms with Gasteiger partial charge in [0.15, 0.2) is 11.9 Å². The Morgan fingerprint density at radius 3 is 2.17 bits per heavy atom. The highest BCUT2D eigenvalue weighted by molar-refractivity contribution is 6.05. The van der Waals surface area contributed by atoms with Crippen molar-refractivity contribution >= 4 is 5.78 Å². The van der Waals surface area contributed by atoms with Crippen LogP contribution in [0.15, 0.2) is 12.1 Å². The summed E-state index contributed by atoms with van der Waals surface area (Å²) in [5, 5.41) is 27.7. The van der Waals surface area contributed by atoms with Crippen molar-refractivity contribution in [1.29, 1.82) is 5.26 Å². The second-order valence-corrected chi connectivity index (χ2v) is 4.92. The van der Waals surface area contributed by atoms with Gasteiger partial charge in [0.1, 0.15) is 0 Å². The summed E-state index contributed by atoms with van der Waals surface area (Å²) in [6.07, 6.45) is -16.1. The van der Waals surface area contributed by atoms with Crippen LogP contribution in [0.2, 0.25) is 0 Å². The third kappa shape index (κ3) is 2.77. The third-order valence-electron chi connectivity index (χ3n) is 3.49. The van der Waals surface area contributed by atoms with Gasteiger partial charge in [0, 0.05) is 5.56 Å². The van der Waals surface area contributed by atoms with Gasteiger partial charge in [0.25, 0.3) is 0 Å². The van der Waals surface area contributed by atoms with E-state index in [4.69, 9.17) is 10.4 Å². The van der Waals surface area contributed by atoms with E-state index >= 15 is 0 Å². The number of nitrogens with zero attached hydrogens (tertiary/aromatic N) is 1. The molecule has 0 saturated heterocycles. The van der Waals surface area contributed by atoms with E-state index in [9.17, 15) is 36.2 Å². The Kier molecular flexibility index (Phi) is 3.90. The number of hydrogen-bond acceptors (Lipinski definition) is 4. The van der Waals surface area contributed by atoms with E-state index in [1.807, 2.05) is 0 Å². The maximum atomic E-state index is 13.0. The Bertz CT molecular complexity index is 703. The van der Waals surface area contributed by atoms with Gasteiger partial charge in [-0.2, -0.15) is 31.6 Å². The number of Topliss-reactive ketones (excluding diaryl/α,β-unsaturated/α-hetero) is 1. The van der Waals surface area contributed by atoms with Crippen LogP contribution in [-0.2, 0) is 6.18 Å². The Labute approximate surface area is 124 Å². The molecule has 1 aliphatic carbocycles. The third-order valence-corrected chi connectivity index (χ3v) is 3.49. The van der Waals surface area contributed by atoms with E-state index in [0.29, 0.717) is 12.1 Å². The van der Waals surface area contributed by atoms with Crippen LogP contribution in [0.5, 0.6) is 0 Å². The summed E-state index contributed by atoms with van der Waals surface area (Å²) in [6.45, 7) is 0. The molecule has 0 saturated carbocycles. The standard InChI is InChI=1S/C13H7F6NO3/c14-12(15,16)6-2-4(3-20)1-5-7(6)10(22)8(9(5)21)11(23)13(17,18)19/h1-2,8-9,11,21,23H. The molecule has 0 heterocycles. The fourth-order valence-electron chi connectivity index (χ4n) is 2.48. The number of halogens is 6. The number of benzene rings is 1. The molecule has 0 bridgehead atoms. The summed E-state index contributed by atoms with van der Waals surface area (Å²) < 4.78 is 76.7. The van der Waals surface area contributed by atoms with Crippen molar-refractivity contribution in [1.82, 2.24) is 0 Å². The SMILES string of the molecule is N#Cc1cc2c(c(C(F)(F)F)c1)C(=O)C(C(O)C(F)(F)F)C2O. The number of alkyl halides is 6. The molecule has 1 aliphatic rings. The summed E-state index contributed by atoms with van der Waals surface area (Å²) in [5.74, 6) is -4.19. The number of aliphatic hydroxyl groups is 2. The average molecular weight is 339 g/mol. The lowest BCUT2D eigenvalue weighted by atomic mass is 9.95. The first-order valence-corrected chi connectivity index (χ1v) is 6.02. The summed E-state index contributed by atoms with van der Waals surface area (Å²) in [5.41, 5.74) is -4.11. The first-order valence-electron chi connectivity index (χ1n) is 6.02. The predicted molar refractivity (Wildman–Crippen MR) is 61.0 cm³/mol. The number of carbonyl (C=O) groups excluding carboxylic acids is 1. The summed E-state index contributed by atoms with van der Waals surface area (Å²) in [7, 11) is 0. The quantitative estimate of drug-likeness (QED) is 0.770. The van der Waals surface area contributed by atoms with E-state index < -0.39 is 58.5 Å². The van der Waals surface area contributed by atoms with Gasteiger partial charge in [0.05, 0.1) is 29.2 Å². The van der Waals surface area contributed by atoms with Gasteiger partial charge < -0.3 is 10.2 Å². The largest absolute Gasteiger partial charge is 0.417 e. The molecule has 23 heavy (non-hydrogen) atoms. The fraction of sp³-hybridized carbons (Fsp3) is 0.385. The van der Waals surface area contributed by atoms with Gasteiger partial charge in [-0.05, 0) is 17.7 Å². The molecule has 1 aromatic rings. The first-order chi connectivity index (χ1) is 10.4. The minimum absolute atomic E-state index is 0.311. The summed E-state index contributed by atoms with van der Waals surface area (Å²) in [4.78, 5) is 12.0. The Morgan fingerprint density at radius 1 is 1.17 bits per heavy atom. The summed E-state index contributed by atoms with van der Waals surface area (Å²) >= 11 is 0. The molecular weight excluding hydrogens is 332 g/mol. The molecule has 124 valence electrons. The lowest BCUT2D eigenvalue weighted by Crippen LogP contribution is -2.40. The van der Waals surface area contributed by atoms with Gasteiger partial charge in [0.2, 0.25) is 0 Å². The maximum absolute atomic E-state index is 13.0. The smallest absolute Gasteiger partial charge is 0.388 e. The number of nitriles is 1. The van der Waals surface area contributed by atoms with Crippen molar-refractivity contribution in [2.75, 3.05) is 0 Å². The number of fused-ring (bicyclic) bond motifs is 1. The Hall–Kier alpha value is -2.12. The van der Waals surface area contributed by atoms with Crippen LogP contribution in [0.4, 0.5) is 26.3 Å². The van der Waals surface area contributed by atoms with Crippen LogP contribution in [0.1, 0.15) is 33.2 Å². The Balaban J connectivity index is 2.67. The highest BCUT2D eigenvalue weighted by Gasteiger charge is 2.55. The maximum Gasteiger partial charge on any atom is 0.417 e. The minimum atomic E-state index is -5.31. The van der Waals surface area contributed by atoms with Crippen molar-refractivity contribution in [3.8, 4) is 6.07 Å². The van der Waals surface area contributed by atoms with E-state index in [0.717, 1.165) is 0 Å². The average Bonchev–Trinajstić information content (AvgIpc) is 2.67. The van der Waals surface area contributed by atoms with Crippen LogP contribution in [0.3, 0.4) is 0 Å². The molecule has 3 atom stereocenters. The lowest BCUT2D eigenvalue weighted by Gasteiger charge is -2.22. The fourth-order valence-corrected chi connectivity index (χ4v) is 2.48. The van der Waals surface area contributed by atoms with Gasteiger partial charge in [-0.3, -0.25) is 4.79 Å². The van der Waals surface area contributed by atoms with E-state index in [1.54, 1.807) is 0 Å². The minimum Gasteiger partial charge on any atom is -0.388 e. The molecule has 3 unspecified atom stereocenters. The van der Waals surface area contributed by atoms with Crippen molar-refractivity contribution in [2.45, 2.75) is 24.6 Å². The molecule has 0 fully saturated rings. The zero-order chi connectivity index (χ0) is 17.7. The lowest BCUT2D eigenvalue weighted by molar-refractivity contribution is -0.221. The second kappa shape index (κ2) is 5.21. The van der Waals surface area contributed by atoms with E-state index in [2.05, 4.69) is 0 Å². The molecule has 0 spiro atoms. The van der Waals surface area contributed by atoms with Crippen LogP contribution in [0, 0.1) is 17.2 Å². The molecule has 0 amide bonds. The molecule has 2 rings (SSSR count). The molecular formula is C13H7F6NO3. The van der Waals surface area contributed by atoms with Crippen LogP contribution in [0.25, 0.3) is 0 Å². The van der Waals surface area contributed by atoms with Crippen molar-refractivity contribution in [3.63, 3.8) is 0 Å². The molecule has 1 aromatic carbocycles. The number of ketones is 1. The highest BCUT2D eigenvalue weighted by atomic mass is 19.4. The molecule has 0 radical (unpaired) electrons. The van der Waals surface area contributed by atoms with Crippen LogP contribution < -0.4 is 0 Å². The van der Waals surface area contributed by atoms with Gasteiger partial charge in [-0.1, -0.05) is 0 Å². The second-order valence-electron chi connectivity index (χ2n) is 4.92. The Morgan fingerprint density at radius 2 is 1.74 bits per heavy atom. The van der Waals surface area contributed by atoms with E-state index in [-0.39, 0.29) is 0 Å². The van der Waals surface area contributed by atoms with Gasteiger partial charge >= 0.3 is 12.4 Å². The topological polar surface area (TPSA) is 81.3 Å². The first kappa shape index (κ1) is 17.2. The van der Waals surface area contributed by atoms with Gasteiger partial charge in [-0.15, -0.1) is 0 Å². The predicted octanol–water partition coefficient (Wildman–Crippen LogP) is 2.35. The normalized spacial score (nSPS) is 22.7. The number of rotatable bonds is 1. The zero-order valence-corrected chi connectivity index (χ0v) is 10.9. The molecule has 4 nitrogen and oxygen atoms in total. The van der Waals surface area contributed by atoms with Gasteiger partial charge in [-0.25, -0.2) is 0 Å². The zero-order valence-electron chi connectivity index (χ0n) is 10.9. The highest BCUT2D eigenvalue weighted by Crippen LogP contribution is 2.46. The number of hydrogen-bond donors (Lipinski definition) is 2. The molecule has 0 aliphatic heterocycles. The van der Waals surface area contributed by atoms with Crippen molar-refractivity contribution in [2.24, 2.45) is 5.92 Å². The van der Waals surface area contributed by atoms with Crippen molar-refractivity contribution < 1.29 is 41.4 Å². The number of aliphatic hydroxyl groups excluding tert-OH is 2. The monoisotopic (exact) mass is 339 g/mol. The van der Waals surface area contributed by atoms with Crippen LogP contribution in [-0.4, -0.2) is 28.3 Å². The molecule has 0 aromatic heterocycles. The molecule has 2 N–H and O–H groups in total.